The average Bonchev–Trinajstić information content (AvgIpc) is 2.63. The van der Waals surface area contributed by atoms with Crippen molar-refractivity contribution in [2.45, 2.75) is 13.0 Å². The molecule has 0 heterocycles. The number of benzene rings is 2. The third kappa shape index (κ3) is 5.28. The minimum absolute atomic E-state index is 0.0178. The Morgan fingerprint density at radius 1 is 1.24 bits per heavy atom. The molecule has 0 bridgehead atoms. The molecule has 1 amide bonds. The Labute approximate surface area is 177 Å². The van der Waals surface area contributed by atoms with Crippen molar-refractivity contribution in [2.75, 3.05) is 23.0 Å². The van der Waals surface area contributed by atoms with Gasteiger partial charge in [0.1, 0.15) is 11.8 Å². The molecule has 29 heavy (non-hydrogen) atoms. The zero-order valence-electron chi connectivity index (χ0n) is 15.5. The Morgan fingerprint density at radius 3 is 2.45 bits per heavy atom. The van der Waals surface area contributed by atoms with Gasteiger partial charge in [-0.15, -0.1) is 0 Å². The van der Waals surface area contributed by atoms with Gasteiger partial charge in [0.05, 0.1) is 34.7 Å². The lowest BCUT2D eigenvalue weighted by Gasteiger charge is -2.29. The number of rotatable bonds is 7. The first-order chi connectivity index (χ1) is 13.5. The summed E-state index contributed by atoms with van der Waals surface area (Å²) in [5, 5.41) is 13.8. The fraction of sp³-hybridized carbons (Fsp3) is 0.235. The number of nitrogens with one attached hydrogen (secondary N) is 1. The van der Waals surface area contributed by atoms with Gasteiger partial charge in [-0.05, 0) is 31.2 Å². The Balaban J connectivity index is 2.44. The second-order valence-electron chi connectivity index (χ2n) is 5.96. The van der Waals surface area contributed by atoms with Crippen LogP contribution in [0.5, 0.6) is 5.75 Å². The number of nitro benzene ring substituents is 1. The number of non-ortho nitro benzene ring substituents is 1. The summed E-state index contributed by atoms with van der Waals surface area (Å²) in [5.41, 5.74) is -0.230. The predicted molar refractivity (Wildman–Crippen MR) is 112 cm³/mol. The standard InChI is InChI=1S/C17H17Cl2N3O6S/c1-10(21(29(3,26)27)15-8-11(18)4-6-13(15)19)17(23)20-14-9-12(22(24)25)5-7-16(14)28-2/h4-10H,1-3H3,(H,20,23)/t10-/m1/s1. The molecule has 0 saturated carbocycles. The van der Waals surface area contributed by atoms with Crippen molar-refractivity contribution in [1.82, 2.24) is 0 Å². The summed E-state index contributed by atoms with van der Waals surface area (Å²) < 4.78 is 30.7. The second-order valence-corrected chi connectivity index (χ2v) is 8.66. The number of methoxy groups -OCH3 is 1. The number of ether oxygens (including phenoxy) is 1. The second kappa shape index (κ2) is 8.85. The van der Waals surface area contributed by atoms with Crippen molar-refractivity contribution in [1.29, 1.82) is 0 Å². The van der Waals surface area contributed by atoms with E-state index in [-0.39, 0.29) is 32.9 Å². The van der Waals surface area contributed by atoms with E-state index in [2.05, 4.69) is 5.32 Å². The van der Waals surface area contributed by atoms with E-state index in [1.165, 1.54) is 44.4 Å². The van der Waals surface area contributed by atoms with Gasteiger partial charge in [-0.3, -0.25) is 19.2 Å². The van der Waals surface area contributed by atoms with Crippen molar-refractivity contribution in [3.05, 3.63) is 56.6 Å². The third-order valence-electron chi connectivity index (χ3n) is 3.89. The molecule has 2 aromatic rings. The van der Waals surface area contributed by atoms with Crippen LogP contribution in [0.2, 0.25) is 10.0 Å². The minimum Gasteiger partial charge on any atom is -0.495 e. The number of nitrogens with zero attached hydrogens (tertiary/aromatic N) is 2. The topological polar surface area (TPSA) is 119 Å². The quantitative estimate of drug-likeness (QED) is 0.495. The molecular formula is C17H17Cl2N3O6S. The summed E-state index contributed by atoms with van der Waals surface area (Å²) in [6.07, 6.45) is 0.919. The van der Waals surface area contributed by atoms with E-state index in [0.717, 1.165) is 16.6 Å². The summed E-state index contributed by atoms with van der Waals surface area (Å²) in [6.45, 7) is 1.34. The maximum atomic E-state index is 12.8. The van der Waals surface area contributed by atoms with Crippen LogP contribution in [0.15, 0.2) is 36.4 Å². The van der Waals surface area contributed by atoms with Crippen LogP contribution < -0.4 is 14.4 Å². The van der Waals surface area contributed by atoms with E-state index in [9.17, 15) is 23.3 Å². The van der Waals surface area contributed by atoms with Gasteiger partial charge in [0.2, 0.25) is 15.9 Å². The van der Waals surface area contributed by atoms with E-state index in [4.69, 9.17) is 27.9 Å². The summed E-state index contributed by atoms with van der Waals surface area (Å²) in [6, 6.07) is 6.60. The van der Waals surface area contributed by atoms with Crippen molar-refractivity contribution in [2.24, 2.45) is 0 Å². The summed E-state index contributed by atoms with van der Waals surface area (Å²) in [4.78, 5) is 23.2. The number of carbonyl (C=O) groups excluding carboxylic acids is 1. The minimum atomic E-state index is -3.94. The molecule has 2 rings (SSSR count). The molecule has 1 N–H and O–H groups in total. The highest BCUT2D eigenvalue weighted by atomic mass is 35.5. The molecule has 0 aliphatic rings. The van der Waals surface area contributed by atoms with Crippen LogP contribution in [0.25, 0.3) is 0 Å². The molecule has 0 saturated heterocycles. The Hall–Kier alpha value is -2.56. The highest BCUT2D eigenvalue weighted by Gasteiger charge is 2.31. The smallest absolute Gasteiger partial charge is 0.271 e. The number of hydrogen-bond acceptors (Lipinski definition) is 6. The van der Waals surface area contributed by atoms with Crippen molar-refractivity contribution >= 4 is 56.2 Å². The maximum absolute atomic E-state index is 12.8. The number of amides is 1. The zero-order chi connectivity index (χ0) is 21.9. The van der Waals surface area contributed by atoms with Gasteiger partial charge in [-0.25, -0.2) is 8.42 Å². The van der Waals surface area contributed by atoms with E-state index < -0.39 is 26.9 Å². The first kappa shape index (κ1) is 22.7. The van der Waals surface area contributed by atoms with Crippen molar-refractivity contribution < 1.29 is 22.9 Å². The van der Waals surface area contributed by atoms with Gasteiger partial charge in [0, 0.05) is 17.2 Å². The monoisotopic (exact) mass is 461 g/mol. The number of anilines is 2. The van der Waals surface area contributed by atoms with E-state index in [0.29, 0.717) is 0 Å². The van der Waals surface area contributed by atoms with Gasteiger partial charge in [-0.2, -0.15) is 0 Å². The molecule has 0 spiro atoms. The van der Waals surface area contributed by atoms with Crippen LogP contribution in [0.3, 0.4) is 0 Å². The number of nitro groups is 1. The summed E-state index contributed by atoms with van der Waals surface area (Å²) >= 11 is 12.1. The van der Waals surface area contributed by atoms with Crippen LogP contribution in [-0.4, -0.2) is 38.7 Å². The molecule has 9 nitrogen and oxygen atoms in total. The molecule has 0 unspecified atom stereocenters. The van der Waals surface area contributed by atoms with Crippen molar-refractivity contribution in [3.8, 4) is 5.75 Å². The Kier molecular flexibility index (Phi) is 6.93. The molecule has 0 aromatic heterocycles. The lowest BCUT2D eigenvalue weighted by atomic mass is 10.2. The van der Waals surface area contributed by atoms with Crippen LogP contribution >= 0.6 is 23.2 Å². The van der Waals surface area contributed by atoms with Gasteiger partial charge in [0.15, 0.2) is 0 Å². The van der Waals surface area contributed by atoms with Crippen LogP contribution in [-0.2, 0) is 14.8 Å². The van der Waals surface area contributed by atoms with Crippen LogP contribution in [0, 0.1) is 10.1 Å². The van der Waals surface area contributed by atoms with Crippen molar-refractivity contribution in [3.63, 3.8) is 0 Å². The fourth-order valence-corrected chi connectivity index (χ4v) is 4.18. The Bertz CT molecular complexity index is 1060. The average molecular weight is 462 g/mol. The first-order valence-corrected chi connectivity index (χ1v) is 10.6. The number of hydrogen-bond donors (Lipinski definition) is 1. The lowest BCUT2D eigenvalue weighted by Crippen LogP contribution is -2.45. The highest BCUT2D eigenvalue weighted by Crippen LogP contribution is 2.33. The molecular weight excluding hydrogens is 445 g/mol. The molecule has 2 aromatic carbocycles. The van der Waals surface area contributed by atoms with Crippen LogP contribution in [0.4, 0.5) is 17.1 Å². The summed E-state index contributed by atoms with van der Waals surface area (Å²) in [5.74, 6) is -0.590. The number of carbonyl (C=O) groups is 1. The fourth-order valence-electron chi connectivity index (χ4n) is 2.58. The zero-order valence-corrected chi connectivity index (χ0v) is 17.9. The highest BCUT2D eigenvalue weighted by molar-refractivity contribution is 7.92. The van der Waals surface area contributed by atoms with Crippen LogP contribution in [0.1, 0.15) is 6.92 Å². The Morgan fingerprint density at radius 2 is 1.90 bits per heavy atom. The predicted octanol–water partition coefficient (Wildman–Crippen LogP) is 3.70. The maximum Gasteiger partial charge on any atom is 0.271 e. The molecule has 12 heteroatoms. The van der Waals surface area contributed by atoms with Gasteiger partial charge in [-0.1, -0.05) is 23.2 Å². The van der Waals surface area contributed by atoms with Gasteiger partial charge < -0.3 is 10.1 Å². The molecule has 0 radical (unpaired) electrons. The largest absolute Gasteiger partial charge is 0.495 e. The van der Waals surface area contributed by atoms with E-state index in [1.54, 1.807) is 0 Å². The lowest BCUT2D eigenvalue weighted by molar-refractivity contribution is -0.384. The SMILES string of the molecule is COc1ccc([N+](=O)[O-])cc1NC(=O)[C@@H](C)N(c1cc(Cl)ccc1Cl)S(C)(=O)=O. The molecule has 0 fully saturated rings. The van der Waals surface area contributed by atoms with E-state index >= 15 is 0 Å². The van der Waals surface area contributed by atoms with E-state index in [1.807, 2.05) is 0 Å². The third-order valence-corrected chi connectivity index (χ3v) is 5.67. The molecule has 1 atom stereocenters. The molecule has 156 valence electrons. The number of sulfonamides is 1. The molecule has 0 aliphatic heterocycles. The summed E-state index contributed by atoms with van der Waals surface area (Å²) in [7, 11) is -2.61. The normalized spacial score (nSPS) is 12.2. The van der Waals surface area contributed by atoms with Gasteiger partial charge >= 0.3 is 0 Å². The van der Waals surface area contributed by atoms with Gasteiger partial charge in [0.25, 0.3) is 5.69 Å². The first-order valence-electron chi connectivity index (χ1n) is 8.03. The molecule has 0 aliphatic carbocycles. The number of halogens is 2.